The van der Waals surface area contributed by atoms with Crippen LogP contribution in [0.15, 0.2) is 24.3 Å². The Morgan fingerprint density at radius 3 is 2.52 bits per heavy atom. The van der Waals surface area contributed by atoms with E-state index < -0.39 is 0 Å². The molecular weight excluding hydrogens is 308 g/mol. The van der Waals surface area contributed by atoms with Crippen molar-refractivity contribution in [2.24, 2.45) is 11.1 Å². The van der Waals surface area contributed by atoms with Gasteiger partial charge in [-0.25, -0.2) is 0 Å². The first-order chi connectivity index (χ1) is 10.5. The van der Waals surface area contributed by atoms with E-state index in [9.17, 15) is 4.79 Å². The Morgan fingerprint density at radius 2 is 1.96 bits per heavy atom. The van der Waals surface area contributed by atoms with Gasteiger partial charge in [0.1, 0.15) is 0 Å². The fourth-order valence-corrected chi connectivity index (χ4v) is 4.21. The standard InChI is InChI=1S/C19H28N2O.ClH/c1-15-6-5-7-16(12-15)19(8-3-4-9-19)17(22)21-11-10-18(2,13-20)14-21;/h5-7,12H,3-4,8-11,13-14,20H2,1-2H3;1H. The van der Waals surface area contributed by atoms with Crippen LogP contribution in [0.5, 0.6) is 0 Å². The third-order valence-corrected chi connectivity index (χ3v) is 5.78. The zero-order valence-corrected chi connectivity index (χ0v) is 15.1. The summed E-state index contributed by atoms with van der Waals surface area (Å²) < 4.78 is 0. The zero-order valence-electron chi connectivity index (χ0n) is 14.3. The van der Waals surface area contributed by atoms with Crippen LogP contribution in [0.4, 0.5) is 0 Å². The van der Waals surface area contributed by atoms with E-state index in [1.807, 2.05) is 0 Å². The molecule has 1 atom stereocenters. The first-order valence-corrected chi connectivity index (χ1v) is 8.56. The fourth-order valence-electron chi connectivity index (χ4n) is 4.21. The molecule has 0 spiro atoms. The zero-order chi connectivity index (χ0) is 15.8. The van der Waals surface area contributed by atoms with Gasteiger partial charge in [0, 0.05) is 13.1 Å². The molecule has 3 rings (SSSR count). The molecule has 0 radical (unpaired) electrons. The van der Waals surface area contributed by atoms with Gasteiger partial charge in [0.25, 0.3) is 0 Å². The molecule has 23 heavy (non-hydrogen) atoms. The van der Waals surface area contributed by atoms with Gasteiger partial charge in [0.15, 0.2) is 0 Å². The number of likely N-dealkylation sites (tertiary alicyclic amines) is 1. The number of hydrogen-bond donors (Lipinski definition) is 1. The molecule has 0 bridgehead atoms. The Hall–Kier alpha value is -1.06. The van der Waals surface area contributed by atoms with Crippen molar-refractivity contribution >= 4 is 18.3 Å². The lowest BCUT2D eigenvalue weighted by atomic mass is 9.77. The average Bonchev–Trinajstić information content (AvgIpc) is 3.15. The Labute approximate surface area is 146 Å². The van der Waals surface area contributed by atoms with Crippen molar-refractivity contribution in [1.29, 1.82) is 0 Å². The Kier molecular flexibility index (Phi) is 5.42. The van der Waals surface area contributed by atoms with Gasteiger partial charge in [0.05, 0.1) is 5.41 Å². The molecule has 2 fully saturated rings. The topological polar surface area (TPSA) is 46.3 Å². The highest BCUT2D eigenvalue weighted by Gasteiger charge is 2.47. The van der Waals surface area contributed by atoms with Crippen LogP contribution < -0.4 is 5.73 Å². The minimum Gasteiger partial charge on any atom is -0.341 e. The molecule has 1 aromatic carbocycles. The summed E-state index contributed by atoms with van der Waals surface area (Å²) >= 11 is 0. The number of carbonyl (C=O) groups is 1. The molecule has 1 aliphatic carbocycles. The number of aryl methyl sites for hydroxylation is 1. The maximum Gasteiger partial charge on any atom is 0.233 e. The van der Waals surface area contributed by atoms with Crippen molar-refractivity contribution in [2.45, 2.75) is 51.4 Å². The lowest BCUT2D eigenvalue weighted by Crippen LogP contribution is -2.45. The van der Waals surface area contributed by atoms with Crippen LogP contribution in [0.1, 0.15) is 50.2 Å². The predicted molar refractivity (Wildman–Crippen MR) is 96.9 cm³/mol. The summed E-state index contributed by atoms with van der Waals surface area (Å²) in [5, 5.41) is 0. The molecule has 3 nitrogen and oxygen atoms in total. The van der Waals surface area contributed by atoms with E-state index in [0.717, 1.165) is 45.2 Å². The van der Waals surface area contributed by atoms with Crippen LogP contribution in [0, 0.1) is 12.3 Å². The highest BCUT2D eigenvalue weighted by atomic mass is 35.5. The smallest absolute Gasteiger partial charge is 0.233 e. The second kappa shape index (κ2) is 6.82. The van der Waals surface area contributed by atoms with Crippen molar-refractivity contribution in [1.82, 2.24) is 4.90 Å². The van der Waals surface area contributed by atoms with Gasteiger partial charge in [-0.3, -0.25) is 4.79 Å². The van der Waals surface area contributed by atoms with Gasteiger partial charge in [0.2, 0.25) is 5.91 Å². The lowest BCUT2D eigenvalue weighted by Gasteiger charge is -2.34. The van der Waals surface area contributed by atoms with Crippen LogP contribution in [0.3, 0.4) is 0 Å². The van der Waals surface area contributed by atoms with Crippen molar-refractivity contribution in [3.8, 4) is 0 Å². The van der Waals surface area contributed by atoms with E-state index in [2.05, 4.69) is 43.0 Å². The van der Waals surface area contributed by atoms with E-state index in [1.165, 1.54) is 11.1 Å². The van der Waals surface area contributed by atoms with Gasteiger partial charge < -0.3 is 10.6 Å². The number of carbonyl (C=O) groups excluding carboxylic acids is 1. The summed E-state index contributed by atoms with van der Waals surface area (Å²) in [7, 11) is 0. The first-order valence-electron chi connectivity index (χ1n) is 8.56. The number of rotatable bonds is 3. The molecule has 1 heterocycles. The van der Waals surface area contributed by atoms with Crippen molar-refractivity contribution in [2.75, 3.05) is 19.6 Å². The number of benzene rings is 1. The van der Waals surface area contributed by atoms with Crippen molar-refractivity contribution in [3.63, 3.8) is 0 Å². The molecule has 2 N–H and O–H groups in total. The van der Waals surface area contributed by atoms with Gasteiger partial charge in [-0.2, -0.15) is 0 Å². The number of nitrogens with two attached hydrogens (primary N) is 1. The predicted octanol–water partition coefficient (Wildman–Crippen LogP) is 3.43. The van der Waals surface area contributed by atoms with Gasteiger partial charge >= 0.3 is 0 Å². The van der Waals surface area contributed by atoms with Gasteiger partial charge in [-0.05, 0) is 43.7 Å². The van der Waals surface area contributed by atoms with Gasteiger partial charge in [-0.15, -0.1) is 12.4 Å². The molecule has 1 saturated heterocycles. The maximum atomic E-state index is 13.4. The molecule has 2 aliphatic rings. The van der Waals surface area contributed by atoms with Crippen molar-refractivity contribution in [3.05, 3.63) is 35.4 Å². The summed E-state index contributed by atoms with van der Waals surface area (Å²) in [6.07, 6.45) is 5.32. The third-order valence-electron chi connectivity index (χ3n) is 5.78. The average molecular weight is 337 g/mol. The van der Waals surface area contributed by atoms with Crippen LogP contribution in [-0.4, -0.2) is 30.4 Å². The summed E-state index contributed by atoms with van der Waals surface area (Å²) in [5.74, 6) is 0.341. The fraction of sp³-hybridized carbons (Fsp3) is 0.632. The molecule has 1 aliphatic heterocycles. The lowest BCUT2D eigenvalue weighted by molar-refractivity contribution is -0.136. The minimum atomic E-state index is -0.286. The number of hydrogen-bond acceptors (Lipinski definition) is 2. The van der Waals surface area contributed by atoms with Crippen LogP contribution in [0.2, 0.25) is 0 Å². The monoisotopic (exact) mass is 336 g/mol. The highest BCUT2D eigenvalue weighted by Crippen LogP contribution is 2.44. The van der Waals surface area contributed by atoms with E-state index in [0.29, 0.717) is 12.5 Å². The molecule has 4 heteroatoms. The van der Waals surface area contributed by atoms with Gasteiger partial charge in [-0.1, -0.05) is 49.6 Å². The second-order valence-electron chi connectivity index (χ2n) is 7.65. The maximum absolute atomic E-state index is 13.4. The molecule has 1 saturated carbocycles. The molecule has 128 valence electrons. The Bertz CT molecular complexity index is 568. The number of nitrogens with zero attached hydrogens (tertiary/aromatic N) is 1. The second-order valence-corrected chi connectivity index (χ2v) is 7.65. The SMILES string of the molecule is Cc1cccc(C2(C(=O)N3CCC(C)(CN)C3)CCCC2)c1.Cl. The van der Waals surface area contributed by atoms with E-state index in [-0.39, 0.29) is 23.2 Å². The van der Waals surface area contributed by atoms with Crippen molar-refractivity contribution < 1.29 is 4.79 Å². The third kappa shape index (κ3) is 3.27. The Morgan fingerprint density at radius 1 is 1.26 bits per heavy atom. The summed E-state index contributed by atoms with van der Waals surface area (Å²) in [6.45, 7) is 6.65. The quantitative estimate of drug-likeness (QED) is 0.919. The summed E-state index contributed by atoms with van der Waals surface area (Å²) in [5.41, 5.74) is 8.18. The van der Waals surface area contributed by atoms with E-state index in [1.54, 1.807) is 0 Å². The van der Waals surface area contributed by atoms with Crippen LogP contribution in [0.25, 0.3) is 0 Å². The number of halogens is 1. The molecule has 1 unspecified atom stereocenters. The highest BCUT2D eigenvalue weighted by molar-refractivity contribution is 5.89. The summed E-state index contributed by atoms with van der Waals surface area (Å²) in [4.78, 5) is 15.5. The van der Waals surface area contributed by atoms with Crippen LogP contribution in [-0.2, 0) is 10.2 Å². The molecule has 0 aromatic heterocycles. The molecule has 1 aromatic rings. The first kappa shape index (κ1) is 18.3. The normalized spacial score (nSPS) is 26.1. The van der Waals surface area contributed by atoms with E-state index >= 15 is 0 Å². The Balaban J connectivity index is 0.00000192. The van der Waals surface area contributed by atoms with Crippen LogP contribution >= 0.6 is 12.4 Å². The summed E-state index contributed by atoms with van der Waals surface area (Å²) in [6, 6.07) is 8.56. The minimum absolute atomic E-state index is 0. The van der Waals surface area contributed by atoms with E-state index in [4.69, 9.17) is 5.73 Å². The number of amides is 1. The molecule has 1 amide bonds. The largest absolute Gasteiger partial charge is 0.341 e. The molecular formula is C19H29ClN2O.